The van der Waals surface area contributed by atoms with Gasteiger partial charge in [-0.1, -0.05) is 0 Å². The first-order valence-corrected chi connectivity index (χ1v) is 2.18. The van der Waals surface area contributed by atoms with Gasteiger partial charge in [-0.05, 0) is 0 Å². The second-order valence-electron chi connectivity index (χ2n) is 0.289. The van der Waals surface area contributed by atoms with Crippen molar-refractivity contribution in [1.29, 1.82) is 0 Å². The van der Waals surface area contributed by atoms with Crippen LogP contribution in [0.2, 0.25) is 0 Å². The molecule has 0 heterocycles. The first kappa shape index (κ1) is 8.92. The van der Waals surface area contributed by atoms with Crippen LogP contribution in [-0.4, -0.2) is 0 Å². The molecule has 0 saturated heterocycles. The quantitative estimate of drug-likeness (QED) is 0.575. The fourth-order valence-electron chi connectivity index (χ4n) is 0. The molecule has 0 saturated carbocycles. The van der Waals surface area contributed by atoms with Crippen molar-refractivity contribution in [1.82, 2.24) is 0 Å². The first-order chi connectivity index (χ1) is 2.41. The molecule has 0 aromatic rings. The second-order valence-corrected chi connectivity index (χ2v) is 0.289. The first-order valence-electron chi connectivity index (χ1n) is 0.983. The van der Waals surface area contributed by atoms with Gasteiger partial charge >= 0.3 is 23.2 Å². The summed E-state index contributed by atoms with van der Waals surface area (Å²) in [5, 5.41) is 0. The van der Waals surface area contributed by atoms with Gasteiger partial charge in [-0.3, -0.25) is 0 Å². The van der Waals surface area contributed by atoms with Gasteiger partial charge in [0.1, 0.15) is 0 Å². The fraction of sp³-hybridized carbons (Fsp3) is 0. The Bertz CT molecular complexity index is 20.9. The molecule has 0 rings (SSSR count). The summed E-state index contributed by atoms with van der Waals surface area (Å²) < 4.78 is 8.33. The summed E-state index contributed by atoms with van der Waals surface area (Å²) in [7, 11) is 0. The molecule has 2 heteroatoms. The molecule has 0 N–H and O–H groups in total. The van der Waals surface area contributed by atoms with E-state index in [1.165, 1.54) is 6.08 Å². The Balaban J connectivity index is 0. The Hall–Kier alpha value is 0.0983. The Morgan fingerprint density at radius 2 is 1.80 bits per heavy atom. The third kappa shape index (κ3) is 1870. The molecule has 5 heavy (non-hydrogen) atoms. The van der Waals surface area contributed by atoms with Gasteiger partial charge in [0, 0.05) is 0 Å². The van der Waals surface area contributed by atoms with Crippen molar-refractivity contribution in [3.05, 3.63) is 19.6 Å². The van der Waals surface area contributed by atoms with E-state index in [0.717, 1.165) is 0 Å². The van der Waals surface area contributed by atoms with Crippen molar-refractivity contribution in [3.8, 4) is 0 Å². The van der Waals surface area contributed by atoms with Crippen LogP contribution in [0, 0.1) is 6.92 Å². The summed E-state index contributed by atoms with van der Waals surface area (Å²) in [4.78, 5) is 0. The molecule has 0 aliphatic rings. The Morgan fingerprint density at radius 3 is 1.80 bits per heavy atom. The predicted octanol–water partition coefficient (Wildman–Crippen LogP) is 0.885. The van der Waals surface area contributed by atoms with Gasteiger partial charge in [0.15, 0.2) is 0 Å². The topological polar surface area (TPSA) is 17.1 Å². The fourth-order valence-corrected chi connectivity index (χ4v) is 0. The molecule has 0 aromatic heterocycles. The molecule has 0 aromatic carbocycles. The minimum atomic E-state index is 0.333. The van der Waals surface area contributed by atoms with Gasteiger partial charge in [-0.2, -0.15) is 0 Å². The van der Waals surface area contributed by atoms with E-state index in [1.807, 2.05) is 0 Å². The summed E-state index contributed by atoms with van der Waals surface area (Å²) in [5.41, 5.74) is 0. The molecule has 0 radical (unpaired) electrons. The van der Waals surface area contributed by atoms with Gasteiger partial charge < -0.3 is 0 Å². The van der Waals surface area contributed by atoms with E-state index in [4.69, 9.17) is 3.40 Å². The molecule has 0 aliphatic carbocycles. The molecule has 0 amide bonds. The van der Waals surface area contributed by atoms with Crippen LogP contribution < -0.4 is 0 Å². The number of rotatable bonds is 0. The Labute approximate surface area is 43.3 Å². The van der Waals surface area contributed by atoms with Crippen molar-refractivity contribution < 1.29 is 23.2 Å². The maximum absolute atomic E-state index is 8.33. The van der Waals surface area contributed by atoms with Crippen LogP contribution in [0.3, 0.4) is 0 Å². The molecular weight excluding hydrogens is 236 g/mol. The van der Waals surface area contributed by atoms with Crippen LogP contribution in [0.5, 0.6) is 0 Å². The minimum absolute atomic E-state index is 0.333. The third-order valence-electron chi connectivity index (χ3n) is 0. The molecule has 0 fully saturated rings. The number of allylic oxidation sites excluding steroid dienone is 1. The molecule has 0 aliphatic heterocycles. The molecule has 1 nitrogen and oxygen atoms in total. The summed E-state index contributed by atoms with van der Waals surface area (Å²) in [6, 6.07) is 0. The monoisotopic (exact) mass is 241 g/mol. The third-order valence-corrected chi connectivity index (χ3v) is 0. The summed E-state index contributed by atoms with van der Waals surface area (Å²) in [6.07, 6.45) is 1.50. The van der Waals surface area contributed by atoms with E-state index in [-0.39, 0.29) is 0 Å². The SMILES string of the molecule is C=C[CH2-].[O]=[W]. The molecular formula is C3H5OW-. The number of hydrogen-bond acceptors (Lipinski definition) is 1. The number of hydrogen-bond donors (Lipinski definition) is 0. The molecule has 30 valence electrons. The van der Waals surface area contributed by atoms with Crippen molar-refractivity contribution in [2.75, 3.05) is 0 Å². The summed E-state index contributed by atoms with van der Waals surface area (Å²) in [5.74, 6) is 0. The average Bonchev–Trinajstić information content (AvgIpc) is 1.46. The van der Waals surface area contributed by atoms with E-state index in [0.29, 0.717) is 19.8 Å². The van der Waals surface area contributed by atoms with Gasteiger partial charge in [0.05, 0.1) is 0 Å². The maximum atomic E-state index is 8.33. The Kier molecular flexibility index (Phi) is 58.2. The van der Waals surface area contributed by atoms with Crippen LogP contribution in [-0.2, 0) is 23.2 Å². The average molecular weight is 241 g/mol. The van der Waals surface area contributed by atoms with E-state index < -0.39 is 0 Å². The standard InChI is InChI=1S/C3H5.O.W/c1-3-2;;/h3H,1-2H2;;/q-1;;. The predicted molar refractivity (Wildman–Crippen MR) is 16.2 cm³/mol. The Morgan fingerprint density at radius 1 is 1.80 bits per heavy atom. The molecule has 0 spiro atoms. The molecule has 0 atom stereocenters. The van der Waals surface area contributed by atoms with Gasteiger partial charge in [0.2, 0.25) is 0 Å². The normalized spacial score (nSPS) is 3.20. The van der Waals surface area contributed by atoms with Gasteiger partial charge in [-0.25, -0.2) is 19.6 Å². The van der Waals surface area contributed by atoms with Gasteiger partial charge in [-0.15, -0.1) is 0 Å². The van der Waals surface area contributed by atoms with Crippen LogP contribution in [0.25, 0.3) is 0 Å². The van der Waals surface area contributed by atoms with E-state index in [1.54, 1.807) is 0 Å². The zero-order valence-electron chi connectivity index (χ0n) is 2.81. The van der Waals surface area contributed by atoms with E-state index in [9.17, 15) is 0 Å². The van der Waals surface area contributed by atoms with E-state index in [2.05, 4.69) is 13.5 Å². The molecule has 0 bridgehead atoms. The zero-order chi connectivity index (χ0) is 4.71. The summed E-state index contributed by atoms with van der Waals surface area (Å²) >= 11 is 0.333. The zero-order valence-corrected chi connectivity index (χ0v) is 5.74. The van der Waals surface area contributed by atoms with Crippen molar-refractivity contribution in [2.45, 2.75) is 0 Å². The van der Waals surface area contributed by atoms with Crippen molar-refractivity contribution >= 4 is 0 Å². The molecule has 0 unspecified atom stereocenters. The van der Waals surface area contributed by atoms with Crippen LogP contribution >= 0.6 is 0 Å². The van der Waals surface area contributed by atoms with E-state index >= 15 is 0 Å². The van der Waals surface area contributed by atoms with Crippen molar-refractivity contribution in [3.63, 3.8) is 0 Å². The van der Waals surface area contributed by atoms with Gasteiger partial charge in [0.25, 0.3) is 0 Å². The van der Waals surface area contributed by atoms with Crippen LogP contribution in [0.15, 0.2) is 12.7 Å². The summed E-state index contributed by atoms with van der Waals surface area (Å²) in [6.45, 7) is 6.50. The van der Waals surface area contributed by atoms with Crippen LogP contribution in [0.4, 0.5) is 0 Å². The van der Waals surface area contributed by atoms with Crippen molar-refractivity contribution in [2.24, 2.45) is 0 Å². The second kappa shape index (κ2) is 32.6. The van der Waals surface area contributed by atoms with Crippen LogP contribution in [0.1, 0.15) is 0 Å².